The lowest BCUT2D eigenvalue weighted by Gasteiger charge is -2.29. The molecule has 4 heteroatoms. The second-order valence-corrected chi connectivity index (χ2v) is 7.86. The van der Waals surface area contributed by atoms with Gasteiger partial charge in [-0.05, 0) is 55.0 Å². The van der Waals surface area contributed by atoms with E-state index in [9.17, 15) is 10.1 Å². The van der Waals surface area contributed by atoms with Crippen LogP contribution >= 0.6 is 0 Å². The Morgan fingerprint density at radius 2 is 1.97 bits per heavy atom. The molecule has 1 N–H and O–H groups in total. The van der Waals surface area contributed by atoms with Crippen LogP contribution in [0.5, 0.6) is 5.75 Å². The number of hydrogen-bond donors (Lipinski definition) is 1. The zero-order chi connectivity index (χ0) is 20.6. The van der Waals surface area contributed by atoms with Crippen molar-refractivity contribution in [3.63, 3.8) is 0 Å². The molecule has 2 aromatic rings. The van der Waals surface area contributed by atoms with Gasteiger partial charge in [0.05, 0.1) is 0 Å². The fraction of sp³-hybridized carbons (Fsp3) is 0.360. The Bertz CT molecular complexity index is 909. The summed E-state index contributed by atoms with van der Waals surface area (Å²) in [5.74, 6) is 0.922. The quantitative estimate of drug-likeness (QED) is 0.548. The molecule has 0 radical (unpaired) electrons. The van der Waals surface area contributed by atoms with Crippen LogP contribution in [0.3, 0.4) is 0 Å². The molecule has 1 fully saturated rings. The number of carbonyl (C=O) groups excluding carboxylic acids is 1. The van der Waals surface area contributed by atoms with Crippen molar-refractivity contribution in [3.8, 4) is 11.8 Å². The van der Waals surface area contributed by atoms with E-state index in [0.29, 0.717) is 12.5 Å². The molecule has 4 nitrogen and oxygen atoms in total. The van der Waals surface area contributed by atoms with Crippen molar-refractivity contribution < 1.29 is 9.53 Å². The molecule has 2 atom stereocenters. The molecule has 1 saturated carbocycles. The minimum Gasteiger partial charge on any atom is -0.489 e. The Hall–Kier alpha value is -3.06. The van der Waals surface area contributed by atoms with Crippen LogP contribution in [0.4, 0.5) is 0 Å². The molecule has 2 aromatic carbocycles. The van der Waals surface area contributed by atoms with Crippen LogP contribution < -0.4 is 10.1 Å². The largest absolute Gasteiger partial charge is 0.489 e. The standard InChI is InChI=1S/C25H28N2O2/c1-18-6-5-8-21(14-18)17-29-23-12-10-20(11-13-23)15-22(16-26)25(28)27-24-9-4-3-7-19(24)2/h5-6,8,10-15,19,24H,3-4,7,9,17H2,1-2H3,(H,27,28)/b22-15+/t19-,24-/m1/s1. The summed E-state index contributed by atoms with van der Waals surface area (Å²) in [6.07, 6.45) is 6.09. The van der Waals surface area contributed by atoms with Crippen LogP contribution in [-0.4, -0.2) is 11.9 Å². The molecule has 1 aliphatic carbocycles. The third kappa shape index (κ3) is 5.96. The van der Waals surface area contributed by atoms with Crippen molar-refractivity contribution in [2.75, 3.05) is 0 Å². The summed E-state index contributed by atoms with van der Waals surface area (Å²) in [4.78, 5) is 12.5. The number of aryl methyl sites for hydroxylation is 1. The van der Waals surface area contributed by atoms with Gasteiger partial charge in [-0.3, -0.25) is 4.79 Å². The minimum absolute atomic E-state index is 0.135. The third-order valence-electron chi connectivity index (χ3n) is 5.47. The fourth-order valence-corrected chi connectivity index (χ4v) is 3.72. The molecule has 0 heterocycles. The van der Waals surface area contributed by atoms with Crippen LogP contribution in [0, 0.1) is 24.2 Å². The Morgan fingerprint density at radius 3 is 2.66 bits per heavy atom. The summed E-state index contributed by atoms with van der Waals surface area (Å²) in [5.41, 5.74) is 3.26. The number of nitrogens with one attached hydrogen (secondary N) is 1. The second kappa shape index (κ2) is 9.93. The average molecular weight is 389 g/mol. The van der Waals surface area contributed by atoms with Crippen LogP contribution in [0.2, 0.25) is 0 Å². The van der Waals surface area contributed by atoms with Gasteiger partial charge in [-0.2, -0.15) is 5.26 Å². The normalized spacial score (nSPS) is 19.3. The van der Waals surface area contributed by atoms with Crippen molar-refractivity contribution in [2.45, 2.75) is 52.2 Å². The highest BCUT2D eigenvalue weighted by atomic mass is 16.5. The van der Waals surface area contributed by atoms with Crippen LogP contribution in [0.15, 0.2) is 54.1 Å². The summed E-state index contributed by atoms with van der Waals surface area (Å²) in [6, 6.07) is 17.8. The van der Waals surface area contributed by atoms with Crippen molar-refractivity contribution in [3.05, 3.63) is 70.8 Å². The zero-order valence-corrected chi connectivity index (χ0v) is 17.2. The maximum atomic E-state index is 12.5. The number of nitriles is 1. The van der Waals surface area contributed by atoms with Crippen LogP contribution in [0.25, 0.3) is 6.08 Å². The van der Waals surface area contributed by atoms with E-state index < -0.39 is 0 Å². The lowest BCUT2D eigenvalue weighted by Crippen LogP contribution is -2.41. The third-order valence-corrected chi connectivity index (χ3v) is 5.47. The molecule has 1 amide bonds. The topological polar surface area (TPSA) is 62.1 Å². The van der Waals surface area contributed by atoms with Gasteiger partial charge in [0.25, 0.3) is 5.91 Å². The van der Waals surface area contributed by atoms with E-state index in [1.807, 2.05) is 42.5 Å². The highest BCUT2D eigenvalue weighted by molar-refractivity contribution is 6.01. The Labute approximate surface area is 173 Å². The summed E-state index contributed by atoms with van der Waals surface area (Å²) in [5, 5.41) is 12.5. The predicted octanol–water partition coefficient (Wildman–Crippen LogP) is 5.18. The lowest BCUT2D eigenvalue weighted by molar-refractivity contribution is -0.118. The number of ether oxygens (including phenoxy) is 1. The van der Waals surface area contributed by atoms with Gasteiger partial charge >= 0.3 is 0 Å². The number of nitrogens with zero attached hydrogens (tertiary/aromatic N) is 1. The molecule has 0 saturated heterocycles. The first-order valence-electron chi connectivity index (χ1n) is 10.3. The van der Waals surface area contributed by atoms with Crippen LogP contribution in [0.1, 0.15) is 49.3 Å². The van der Waals surface area contributed by atoms with Crippen LogP contribution in [-0.2, 0) is 11.4 Å². The van der Waals surface area contributed by atoms with Gasteiger partial charge in [0, 0.05) is 6.04 Å². The van der Waals surface area contributed by atoms with Gasteiger partial charge in [0.1, 0.15) is 24.0 Å². The van der Waals surface area contributed by atoms with Crippen molar-refractivity contribution in [1.82, 2.24) is 5.32 Å². The van der Waals surface area contributed by atoms with Gasteiger partial charge in [0.2, 0.25) is 0 Å². The van der Waals surface area contributed by atoms with Crippen molar-refractivity contribution in [1.29, 1.82) is 5.26 Å². The Morgan fingerprint density at radius 1 is 1.21 bits per heavy atom. The van der Waals surface area contributed by atoms with Crippen molar-refractivity contribution >= 4 is 12.0 Å². The first-order chi connectivity index (χ1) is 14.0. The molecule has 0 aromatic heterocycles. The molecule has 1 aliphatic rings. The number of rotatable bonds is 6. The zero-order valence-electron chi connectivity index (χ0n) is 17.2. The summed E-state index contributed by atoms with van der Waals surface area (Å²) in [6.45, 7) is 4.72. The van der Waals surface area contributed by atoms with E-state index in [1.54, 1.807) is 6.08 Å². The van der Waals surface area contributed by atoms with Gasteiger partial charge in [0.15, 0.2) is 0 Å². The van der Waals surface area contributed by atoms with Gasteiger partial charge < -0.3 is 10.1 Å². The smallest absolute Gasteiger partial charge is 0.262 e. The molecule has 150 valence electrons. The second-order valence-electron chi connectivity index (χ2n) is 7.86. The first kappa shape index (κ1) is 20.7. The van der Waals surface area contributed by atoms with E-state index in [-0.39, 0.29) is 17.5 Å². The maximum Gasteiger partial charge on any atom is 0.262 e. The predicted molar refractivity (Wildman–Crippen MR) is 115 cm³/mol. The highest BCUT2D eigenvalue weighted by Gasteiger charge is 2.24. The Kier molecular flexibility index (Phi) is 7.08. The monoisotopic (exact) mass is 388 g/mol. The summed E-state index contributed by atoms with van der Waals surface area (Å²) in [7, 11) is 0. The minimum atomic E-state index is -0.286. The molecule has 3 rings (SSSR count). The summed E-state index contributed by atoms with van der Waals surface area (Å²) < 4.78 is 5.83. The molecule has 0 aliphatic heterocycles. The van der Waals surface area contributed by atoms with E-state index >= 15 is 0 Å². The van der Waals surface area contributed by atoms with Gasteiger partial charge in [-0.25, -0.2) is 0 Å². The first-order valence-corrected chi connectivity index (χ1v) is 10.3. The highest BCUT2D eigenvalue weighted by Crippen LogP contribution is 2.24. The number of amides is 1. The molecule has 29 heavy (non-hydrogen) atoms. The molecule has 0 bridgehead atoms. The van der Waals surface area contributed by atoms with E-state index in [1.165, 1.54) is 12.0 Å². The average Bonchev–Trinajstić information content (AvgIpc) is 2.73. The Balaban J connectivity index is 1.60. The van der Waals surface area contributed by atoms with Gasteiger partial charge in [-0.15, -0.1) is 0 Å². The molecule has 0 unspecified atom stereocenters. The number of benzene rings is 2. The molecule has 0 spiro atoms. The van der Waals surface area contributed by atoms with E-state index in [2.05, 4.69) is 31.3 Å². The molecular formula is C25H28N2O2. The molecular weight excluding hydrogens is 360 g/mol. The lowest BCUT2D eigenvalue weighted by atomic mass is 9.86. The summed E-state index contributed by atoms with van der Waals surface area (Å²) >= 11 is 0. The fourth-order valence-electron chi connectivity index (χ4n) is 3.72. The van der Waals surface area contributed by atoms with Crippen molar-refractivity contribution in [2.24, 2.45) is 5.92 Å². The maximum absolute atomic E-state index is 12.5. The number of carbonyl (C=O) groups is 1. The SMILES string of the molecule is Cc1cccc(COc2ccc(/C=C(\C#N)C(=O)N[C@@H]3CCCC[C@H]3C)cc2)c1. The number of hydrogen-bond acceptors (Lipinski definition) is 3. The van der Waals surface area contributed by atoms with E-state index in [4.69, 9.17) is 4.74 Å². The van der Waals surface area contributed by atoms with E-state index in [0.717, 1.165) is 36.1 Å². The van der Waals surface area contributed by atoms with Gasteiger partial charge in [-0.1, -0.05) is 61.7 Å².